The highest BCUT2D eigenvalue weighted by molar-refractivity contribution is 6.30. The van der Waals surface area contributed by atoms with Gasteiger partial charge in [0.2, 0.25) is 0 Å². The molecule has 1 atom stereocenters. The van der Waals surface area contributed by atoms with Gasteiger partial charge in [0.05, 0.1) is 0 Å². The molecule has 0 fully saturated rings. The van der Waals surface area contributed by atoms with Gasteiger partial charge in [-0.3, -0.25) is 10.1 Å². The van der Waals surface area contributed by atoms with Gasteiger partial charge in [-0.2, -0.15) is 0 Å². The summed E-state index contributed by atoms with van der Waals surface area (Å²) in [6, 6.07) is 20.7. The second kappa shape index (κ2) is 9.90. The Bertz CT molecular complexity index is 1220. The van der Waals surface area contributed by atoms with E-state index in [1.807, 2.05) is 73.8 Å². The Morgan fingerprint density at radius 2 is 1.88 bits per heavy atom. The maximum Gasteiger partial charge on any atom is 0.321 e. The monoisotopic (exact) mass is 448 g/mol. The number of hydrogen-bond donors (Lipinski definition) is 3. The van der Waals surface area contributed by atoms with Crippen molar-refractivity contribution in [2.45, 2.75) is 32.5 Å². The number of aliphatic carboxylic acids is 1. The molecule has 0 saturated carbocycles. The number of hydrogen-bond acceptors (Lipinski definition) is 3. The molecular formula is C26H25ClN2O3. The summed E-state index contributed by atoms with van der Waals surface area (Å²) in [5.74, 6) is -0.224. The molecule has 164 valence electrons. The smallest absolute Gasteiger partial charge is 0.321 e. The van der Waals surface area contributed by atoms with E-state index in [9.17, 15) is 9.90 Å². The largest absolute Gasteiger partial charge is 0.489 e. The molecule has 0 aliphatic heterocycles. The Morgan fingerprint density at radius 1 is 1.09 bits per heavy atom. The van der Waals surface area contributed by atoms with Crippen LogP contribution in [0.15, 0.2) is 72.9 Å². The number of H-pyrrole nitrogens is 1. The molecule has 4 aromatic rings. The predicted octanol–water partition coefficient (Wildman–Crippen LogP) is 5.49. The van der Waals surface area contributed by atoms with Gasteiger partial charge in [0, 0.05) is 40.7 Å². The molecule has 1 aromatic heterocycles. The molecule has 32 heavy (non-hydrogen) atoms. The third kappa shape index (κ3) is 5.31. The van der Waals surface area contributed by atoms with Crippen LogP contribution in [0.1, 0.15) is 22.3 Å². The second-order valence-corrected chi connectivity index (χ2v) is 8.30. The van der Waals surface area contributed by atoms with E-state index in [1.54, 1.807) is 6.07 Å². The number of aryl methyl sites for hydroxylation is 1. The third-order valence-corrected chi connectivity index (χ3v) is 5.71. The minimum atomic E-state index is -0.903. The topological polar surface area (TPSA) is 74.3 Å². The highest BCUT2D eigenvalue weighted by atomic mass is 35.5. The highest BCUT2D eigenvalue weighted by Crippen LogP contribution is 2.25. The molecule has 1 heterocycles. The Labute approximate surface area is 192 Å². The Kier molecular flexibility index (Phi) is 6.78. The SMILES string of the molecule is Cc1ccc(COc2ccc(Cl)cc2CN[C@H](Cc2c[nH]c3ccccc23)C(=O)O)cc1. The fourth-order valence-corrected chi connectivity index (χ4v) is 3.87. The van der Waals surface area contributed by atoms with E-state index >= 15 is 0 Å². The zero-order valence-electron chi connectivity index (χ0n) is 17.8. The summed E-state index contributed by atoms with van der Waals surface area (Å²) in [6.45, 7) is 2.79. The van der Waals surface area contributed by atoms with Gasteiger partial charge in [0.1, 0.15) is 18.4 Å². The predicted molar refractivity (Wildman–Crippen MR) is 127 cm³/mol. The second-order valence-electron chi connectivity index (χ2n) is 7.86. The average molecular weight is 449 g/mol. The van der Waals surface area contributed by atoms with Gasteiger partial charge in [-0.25, -0.2) is 0 Å². The zero-order valence-corrected chi connectivity index (χ0v) is 18.5. The van der Waals surface area contributed by atoms with Gasteiger partial charge in [0.15, 0.2) is 0 Å². The van der Waals surface area contributed by atoms with Crippen LogP contribution >= 0.6 is 11.6 Å². The van der Waals surface area contributed by atoms with Crippen LogP contribution in [-0.2, 0) is 24.4 Å². The van der Waals surface area contributed by atoms with Gasteiger partial charge >= 0.3 is 5.97 Å². The van der Waals surface area contributed by atoms with Crippen molar-refractivity contribution in [2.24, 2.45) is 0 Å². The standard InChI is InChI=1S/C26H25ClN2O3/c1-17-6-8-18(9-7-17)16-32-25-11-10-21(27)12-20(25)15-29-24(26(30)31)13-19-14-28-23-5-3-2-4-22(19)23/h2-12,14,24,28-29H,13,15-16H2,1H3,(H,30,31)/t24-/m1/s1. The molecule has 3 aromatic carbocycles. The van der Waals surface area contributed by atoms with Crippen molar-refractivity contribution < 1.29 is 14.6 Å². The number of rotatable bonds is 9. The number of carboxylic acids is 1. The van der Waals surface area contributed by atoms with E-state index in [0.717, 1.165) is 27.6 Å². The van der Waals surface area contributed by atoms with Crippen LogP contribution in [0.3, 0.4) is 0 Å². The molecule has 0 bridgehead atoms. The molecule has 5 nitrogen and oxygen atoms in total. The number of fused-ring (bicyclic) bond motifs is 1. The summed E-state index contributed by atoms with van der Waals surface area (Å²) in [6.07, 6.45) is 2.23. The van der Waals surface area contributed by atoms with E-state index in [0.29, 0.717) is 30.3 Å². The summed E-state index contributed by atoms with van der Waals surface area (Å²) in [5.41, 5.74) is 5.03. The Balaban J connectivity index is 1.46. The minimum Gasteiger partial charge on any atom is -0.489 e. The van der Waals surface area contributed by atoms with Crippen LogP contribution in [0.2, 0.25) is 5.02 Å². The first-order chi connectivity index (χ1) is 15.5. The quantitative estimate of drug-likeness (QED) is 0.316. The molecule has 0 radical (unpaired) electrons. The number of nitrogens with one attached hydrogen (secondary N) is 2. The number of para-hydroxylation sites is 1. The molecule has 4 rings (SSSR count). The number of aromatic nitrogens is 1. The number of ether oxygens (including phenoxy) is 1. The molecule has 0 spiro atoms. The molecular weight excluding hydrogens is 424 g/mol. The first-order valence-corrected chi connectivity index (χ1v) is 10.9. The van der Waals surface area contributed by atoms with Crippen molar-refractivity contribution in [3.8, 4) is 5.75 Å². The fourth-order valence-electron chi connectivity index (χ4n) is 3.67. The van der Waals surface area contributed by atoms with Gasteiger partial charge < -0.3 is 14.8 Å². The van der Waals surface area contributed by atoms with Crippen LogP contribution in [-0.4, -0.2) is 22.1 Å². The summed E-state index contributed by atoms with van der Waals surface area (Å²) in [7, 11) is 0. The molecule has 0 unspecified atom stereocenters. The molecule has 0 amide bonds. The lowest BCUT2D eigenvalue weighted by Crippen LogP contribution is -2.38. The normalized spacial score (nSPS) is 12.1. The average Bonchev–Trinajstić information content (AvgIpc) is 3.19. The minimum absolute atomic E-state index is 0.323. The molecule has 0 saturated heterocycles. The summed E-state index contributed by atoms with van der Waals surface area (Å²) in [4.78, 5) is 15.1. The van der Waals surface area contributed by atoms with Crippen molar-refractivity contribution in [2.75, 3.05) is 0 Å². The fraction of sp³-hybridized carbons (Fsp3) is 0.192. The highest BCUT2D eigenvalue weighted by Gasteiger charge is 2.20. The lowest BCUT2D eigenvalue weighted by atomic mass is 10.0. The van der Waals surface area contributed by atoms with Crippen molar-refractivity contribution in [3.05, 3.63) is 100 Å². The van der Waals surface area contributed by atoms with Crippen molar-refractivity contribution in [1.29, 1.82) is 0 Å². The first-order valence-electron chi connectivity index (χ1n) is 10.5. The van der Waals surface area contributed by atoms with Crippen LogP contribution in [0.25, 0.3) is 10.9 Å². The maximum absolute atomic E-state index is 11.9. The number of halogens is 1. The van der Waals surface area contributed by atoms with Crippen molar-refractivity contribution in [3.63, 3.8) is 0 Å². The Hall–Kier alpha value is -3.28. The molecule has 0 aliphatic carbocycles. The van der Waals surface area contributed by atoms with Gasteiger partial charge in [-0.15, -0.1) is 0 Å². The van der Waals surface area contributed by atoms with Crippen LogP contribution in [0.5, 0.6) is 5.75 Å². The van der Waals surface area contributed by atoms with Gasteiger partial charge in [-0.1, -0.05) is 59.6 Å². The van der Waals surface area contributed by atoms with E-state index in [2.05, 4.69) is 10.3 Å². The van der Waals surface area contributed by atoms with Gasteiger partial charge in [-0.05, 0) is 42.3 Å². The number of aromatic amines is 1. The van der Waals surface area contributed by atoms with E-state index in [4.69, 9.17) is 16.3 Å². The summed E-state index contributed by atoms with van der Waals surface area (Å²) >= 11 is 6.21. The summed E-state index contributed by atoms with van der Waals surface area (Å²) in [5, 5.41) is 14.6. The number of carbonyl (C=O) groups is 1. The van der Waals surface area contributed by atoms with Crippen LogP contribution < -0.4 is 10.1 Å². The summed E-state index contributed by atoms with van der Waals surface area (Å²) < 4.78 is 6.02. The molecule has 3 N–H and O–H groups in total. The molecule has 0 aliphatic rings. The Morgan fingerprint density at radius 3 is 2.66 bits per heavy atom. The van der Waals surface area contributed by atoms with Gasteiger partial charge in [0.25, 0.3) is 0 Å². The first kappa shape index (κ1) is 21.9. The van der Waals surface area contributed by atoms with E-state index in [-0.39, 0.29) is 0 Å². The third-order valence-electron chi connectivity index (χ3n) is 5.47. The molecule has 6 heteroatoms. The maximum atomic E-state index is 11.9. The lowest BCUT2D eigenvalue weighted by molar-refractivity contribution is -0.139. The van der Waals surface area contributed by atoms with E-state index < -0.39 is 12.0 Å². The van der Waals surface area contributed by atoms with Crippen LogP contribution in [0.4, 0.5) is 0 Å². The van der Waals surface area contributed by atoms with Crippen molar-refractivity contribution in [1.82, 2.24) is 10.3 Å². The zero-order chi connectivity index (χ0) is 22.5. The number of benzene rings is 3. The van der Waals surface area contributed by atoms with E-state index in [1.165, 1.54) is 5.56 Å². The number of carboxylic acid groups (broad SMARTS) is 1. The van der Waals surface area contributed by atoms with Crippen molar-refractivity contribution >= 4 is 28.5 Å². The lowest BCUT2D eigenvalue weighted by Gasteiger charge is -2.17. The van der Waals surface area contributed by atoms with Crippen LogP contribution in [0, 0.1) is 6.92 Å².